The summed E-state index contributed by atoms with van der Waals surface area (Å²) in [5.41, 5.74) is 3.19. The number of benzene rings is 2. The van der Waals surface area contributed by atoms with E-state index in [1.807, 2.05) is 42.2 Å². The molecule has 0 bridgehead atoms. The molecule has 0 radical (unpaired) electrons. The van der Waals surface area contributed by atoms with E-state index >= 15 is 0 Å². The van der Waals surface area contributed by atoms with Crippen LogP contribution >= 0.6 is 11.8 Å². The molecule has 1 fully saturated rings. The van der Waals surface area contributed by atoms with E-state index in [0.717, 1.165) is 55.0 Å². The average Bonchev–Trinajstić information content (AvgIpc) is 3.23. The molecular formula is C24H29N5OS. The van der Waals surface area contributed by atoms with Gasteiger partial charge in [0.1, 0.15) is 0 Å². The minimum Gasteiger partial charge on any atom is -0.339 e. The summed E-state index contributed by atoms with van der Waals surface area (Å²) in [7, 11) is 0. The van der Waals surface area contributed by atoms with E-state index in [2.05, 4.69) is 57.8 Å². The van der Waals surface area contributed by atoms with Crippen molar-refractivity contribution in [3.63, 3.8) is 0 Å². The summed E-state index contributed by atoms with van der Waals surface area (Å²) in [5.74, 6) is 0.948. The molecule has 162 valence electrons. The number of carbonyl (C=O) groups excluding carboxylic acids is 1. The molecule has 31 heavy (non-hydrogen) atoms. The van der Waals surface area contributed by atoms with Crippen LogP contribution in [0.25, 0.3) is 17.1 Å². The number of likely N-dealkylation sites (N-methyl/N-ethyl adjacent to an activating group) is 1. The van der Waals surface area contributed by atoms with Crippen LogP contribution in [0.2, 0.25) is 0 Å². The molecule has 2 heterocycles. The predicted octanol–water partition coefficient (Wildman–Crippen LogP) is 3.89. The Morgan fingerprint density at radius 1 is 1.00 bits per heavy atom. The van der Waals surface area contributed by atoms with Gasteiger partial charge in [-0.05, 0) is 32.5 Å². The first kappa shape index (κ1) is 21.6. The fourth-order valence-electron chi connectivity index (χ4n) is 3.80. The zero-order chi connectivity index (χ0) is 21.8. The Bertz CT molecular complexity index is 1010. The zero-order valence-corrected chi connectivity index (χ0v) is 19.2. The lowest BCUT2D eigenvalue weighted by Crippen LogP contribution is -2.50. The van der Waals surface area contributed by atoms with Crippen LogP contribution in [-0.2, 0) is 4.79 Å². The summed E-state index contributed by atoms with van der Waals surface area (Å²) < 4.78 is 2.05. The number of hydrogen-bond acceptors (Lipinski definition) is 5. The van der Waals surface area contributed by atoms with Gasteiger partial charge in [0.25, 0.3) is 0 Å². The van der Waals surface area contributed by atoms with Gasteiger partial charge in [-0.2, -0.15) is 0 Å². The minimum absolute atomic E-state index is 0.167. The molecule has 7 heteroatoms. The van der Waals surface area contributed by atoms with Crippen molar-refractivity contribution in [1.82, 2.24) is 24.6 Å². The van der Waals surface area contributed by atoms with Crippen LogP contribution in [0.1, 0.15) is 19.4 Å². The van der Waals surface area contributed by atoms with Crippen LogP contribution in [-0.4, -0.2) is 68.4 Å². The highest BCUT2D eigenvalue weighted by atomic mass is 32.2. The van der Waals surface area contributed by atoms with Crippen LogP contribution in [0.5, 0.6) is 0 Å². The van der Waals surface area contributed by atoms with Gasteiger partial charge in [-0.1, -0.05) is 66.7 Å². The number of rotatable bonds is 6. The molecule has 1 aliphatic heterocycles. The Hall–Kier alpha value is -2.64. The zero-order valence-electron chi connectivity index (χ0n) is 18.4. The molecule has 1 atom stereocenters. The third-order valence-corrected chi connectivity index (χ3v) is 6.75. The monoisotopic (exact) mass is 435 g/mol. The maximum Gasteiger partial charge on any atom is 0.235 e. The SMILES string of the molecule is CCN1CCN(C(=O)C(C)Sc2nnc(-c3ccccc3)n2-c2ccc(C)cc2)CC1. The van der Waals surface area contributed by atoms with Gasteiger partial charge in [0.05, 0.1) is 5.25 Å². The number of nitrogens with zero attached hydrogens (tertiary/aromatic N) is 5. The minimum atomic E-state index is -0.231. The third kappa shape index (κ3) is 4.83. The lowest BCUT2D eigenvalue weighted by molar-refractivity contribution is -0.132. The van der Waals surface area contributed by atoms with Gasteiger partial charge >= 0.3 is 0 Å². The van der Waals surface area contributed by atoms with Gasteiger partial charge in [0, 0.05) is 37.4 Å². The maximum atomic E-state index is 13.1. The number of amides is 1. The number of aryl methyl sites for hydroxylation is 1. The lowest BCUT2D eigenvalue weighted by atomic mass is 10.2. The van der Waals surface area contributed by atoms with E-state index < -0.39 is 0 Å². The van der Waals surface area contributed by atoms with Gasteiger partial charge < -0.3 is 9.80 Å². The standard InChI is InChI=1S/C24H29N5OS/c1-4-27-14-16-28(17-15-27)23(30)19(3)31-24-26-25-22(20-8-6-5-7-9-20)29(24)21-12-10-18(2)11-13-21/h5-13,19H,4,14-17H2,1-3H3. The van der Waals surface area contributed by atoms with E-state index in [0.29, 0.717) is 0 Å². The van der Waals surface area contributed by atoms with Crippen molar-refractivity contribution in [2.75, 3.05) is 32.7 Å². The van der Waals surface area contributed by atoms with E-state index in [4.69, 9.17) is 0 Å². The van der Waals surface area contributed by atoms with Crippen LogP contribution in [0.4, 0.5) is 0 Å². The molecule has 2 aromatic carbocycles. The van der Waals surface area contributed by atoms with Crippen LogP contribution in [0.3, 0.4) is 0 Å². The molecule has 1 saturated heterocycles. The quantitative estimate of drug-likeness (QED) is 0.550. The fraction of sp³-hybridized carbons (Fsp3) is 0.375. The highest BCUT2D eigenvalue weighted by molar-refractivity contribution is 8.00. The molecule has 0 spiro atoms. The predicted molar refractivity (Wildman–Crippen MR) is 126 cm³/mol. The van der Waals surface area contributed by atoms with E-state index in [-0.39, 0.29) is 11.2 Å². The molecule has 6 nitrogen and oxygen atoms in total. The first-order valence-electron chi connectivity index (χ1n) is 10.8. The van der Waals surface area contributed by atoms with Gasteiger partial charge in [0.15, 0.2) is 11.0 Å². The summed E-state index contributed by atoms with van der Waals surface area (Å²) in [5, 5.41) is 9.47. The maximum absolute atomic E-state index is 13.1. The molecule has 1 aromatic heterocycles. The van der Waals surface area contributed by atoms with E-state index in [1.54, 1.807) is 0 Å². The van der Waals surface area contributed by atoms with Crippen LogP contribution < -0.4 is 0 Å². The van der Waals surface area contributed by atoms with Gasteiger partial charge in [-0.3, -0.25) is 9.36 Å². The third-order valence-electron chi connectivity index (χ3n) is 5.72. The summed E-state index contributed by atoms with van der Waals surface area (Å²) in [6, 6.07) is 18.4. The number of carbonyl (C=O) groups is 1. The molecule has 1 aliphatic rings. The molecule has 0 aliphatic carbocycles. The second kappa shape index (κ2) is 9.66. The van der Waals surface area contributed by atoms with E-state index in [1.165, 1.54) is 17.3 Å². The Morgan fingerprint density at radius 3 is 2.32 bits per heavy atom. The molecule has 0 saturated carbocycles. The van der Waals surface area contributed by atoms with Crippen molar-refractivity contribution in [3.8, 4) is 17.1 Å². The van der Waals surface area contributed by atoms with Crippen LogP contribution in [0, 0.1) is 6.92 Å². The Balaban J connectivity index is 1.60. The average molecular weight is 436 g/mol. The van der Waals surface area contributed by atoms with Crippen molar-refractivity contribution in [3.05, 3.63) is 60.2 Å². The number of thioether (sulfide) groups is 1. The molecule has 1 unspecified atom stereocenters. The molecular weight excluding hydrogens is 406 g/mol. The van der Waals surface area contributed by atoms with Crippen molar-refractivity contribution < 1.29 is 4.79 Å². The van der Waals surface area contributed by atoms with Gasteiger partial charge in [-0.15, -0.1) is 10.2 Å². The Kier molecular flexibility index (Phi) is 6.73. The fourth-order valence-corrected chi connectivity index (χ4v) is 4.75. The first-order valence-corrected chi connectivity index (χ1v) is 11.7. The summed E-state index contributed by atoms with van der Waals surface area (Å²) in [6.45, 7) is 10.7. The van der Waals surface area contributed by atoms with Crippen LogP contribution in [0.15, 0.2) is 59.8 Å². The Morgan fingerprint density at radius 2 is 1.68 bits per heavy atom. The summed E-state index contributed by atoms with van der Waals surface area (Å²) in [4.78, 5) is 17.5. The normalized spacial score (nSPS) is 15.8. The summed E-state index contributed by atoms with van der Waals surface area (Å²) in [6.07, 6.45) is 0. The smallest absolute Gasteiger partial charge is 0.235 e. The highest BCUT2D eigenvalue weighted by Crippen LogP contribution is 2.31. The second-order valence-corrected chi connectivity index (χ2v) is 9.17. The Labute approximate surface area is 188 Å². The first-order chi connectivity index (χ1) is 15.1. The topological polar surface area (TPSA) is 54.3 Å². The van der Waals surface area contributed by atoms with Crippen molar-refractivity contribution in [2.24, 2.45) is 0 Å². The van der Waals surface area contributed by atoms with E-state index in [9.17, 15) is 4.79 Å². The summed E-state index contributed by atoms with van der Waals surface area (Å²) >= 11 is 1.48. The number of piperazine rings is 1. The lowest BCUT2D eigenvalue weighted by Gasteiger charge is -2.35. The highest BCUT2D eigenvalue weighted by Gasteiger charge is 2.27. The van der Waals surface area contributed by atoms with Gasteiger partial charge in [-0.25, -0.2) is 0 Å². The van der Waals surface area contributed by atoms with Crippen molar-refractivity contribution in [2.45, 2.75) is 31.2 Å². The molecule has 0 N–H and O–H groups in total. The van der Waals surface area contributed by atoms with Crippen molar-refractivity contribution in [1.29, 1.82) is 0 Å². The largest absolute Gasteiger partial charge is 0.339 e. The number of aromatic nitrogens is 3. The molecule has 4 rings (SSSR count). The second-order valence-electron chi connectivity index (χ2n) is 7.86. The van der Waals surface area contributed by atoms with Crippen molar-refractivity contribution >= 4 is 17.7 Å². The van der Waals surface area contributed by atoms with Gasteiger partial charge in [0.2, 0.25) is 5.91 Å². The number of hydrogen-bond donors (Lipinski definition) is 0. The molecule has 1 amide bonds. The molecule has 3 aromatic rings.